The van der Waals surface area contributed by atoms with Crippen molar-refractivity contribution in [2.24, 2.45) is 0 Å². The number of hydrogen-bond donors (Lipinski definition) is 0. The molecule has 30 heavy (non-hydrogen) atoms. The predicted molar refractivity (Wildman–Crippen MR) is 116 cm³/mol. The van der Waals surface area contributed by atoms with Crippen molar-refractivity contribution in [2.75, 3.05) is 31.1 Å². The Bertz CT molecular complexity index is 1190. The molecule has 10 heteroatoms. The van der Waals surface area contributed by atoms with E-state index in [-0.39, 0.29) is 4.90 Å². The minimum Gasteiger partial charge on any atom is -0.354 e. The smallest absolute Gasteiger partial charge is 0.243 e. The first-order valence-electron chi connectivity index (χ1n) is 9.62. The number of nitrogens with zero attached hydrogens (tertiary/aromatic N) is 6. The second-order valence-electron chi connectivity index (χ2n) is 7.37. The molecule has 3 heterocycles. The molecule has 0 N–H and O–H groups in total. The van der Waals surface area contributed by atoms with Gasteiger partial charge in [-0.1, -0.05) is 17.7 Å². The molecule has 1 aliphatic rings. The SMILES string of the molecule is Cc1cc(C)n(-c2cc(N3CCN(S(=O)(=O)c4cc(Cl)ccc4C)CC3)ncn2)n1. The van der Waals surface area contributed by atoms with Crippen LogP contribution in [0.4, 0.5) is 5.82 Å². The summed E-state index contributed by atoms with van der Waals surface area (Å²) in [5.74, 6) is 1.44. The van der Waals surface area contributed by atoms with Crippen LogP contribution in [0.25, 0.3) is 5.82 Å². The van der Waals surface area contributed by atoms with Crippen molar-refractivity contribution >= 4 is 27.4 Å². The lowest BCUT2D eigenvalue weighted by molar-refractivity contribution is 0.383. The quantitative estimate of drug-likeness (QED) is 0.612. The second-order valence-corrected chi connectivity index (χ2v) is 9.72. The number of rotatable bonds is 4. The van der Waals surface area contributed by atoms with E-state index >= 15 is 0 Å². The Balaban J connectivity index is 1.52. The molecule has 1 aliphatic heterocycles. The Morgan fingerprint density at radius 2 is 1.63 bits per heavy atom. The first-order valence-corrected chi connectivity index (χ1v) is 11.4. The lowest BCUT2D eigenvalue weighted by atomic mass is 10.2. The molecule has 1 saturated heterocycles. The van der Waals surface area contributed by atoms with Gasteiger partial charge >= 0.3 is 0 Å². The van der Waals surface area contributed by atoms with Crippen molar-refractivity contribution in [3.8, 4) is 5.82 Å². The van der Waals surface area contributed by atoms with E-state index in [1.807, 2.05) is 26.0 Å². The summed E-state index contributed by atoms with van der Waals surface area (Å²) in [6.45, 7) is 7.50. The number of piperazine rings is 1. The van der Waals surface area contributed by atoms with Crippen LogP contribution in [0.5, 0.6) is 0 Å². The number of aromatic nitrogens is 4. The first kappa shape index (κ1) is 20.8. The van der Waals surface area contributed by atoms with E-state index in [9.17, 15) is 8.42 Å². The summed E-state index contributed by atoms with van der Waals surface area (Å²) in [7, 11) is -3.60. The van der Waals surface area contributed by atoms with Crippen LogP contribution < -0.4 is 4.90 Å². The lowest BCUT2D eigenvalue weighted by Crippen LogP contribution is -2.49. The van der Waals surface area contributed by atoms with Gasteiger partial charge in [0.1, 0.15) is 12.1 Å². The maximum absolute atomic E-state index is 13.1. The van der Waals surface area contributed by atoms with Crippen LogP contribution in [-0.4, -0.2) is 58.7 Å². The van der Waals surface area contributed by atoms with E-state index in [4.69, 9.17) is 11.6 Å². The maximum atomic E-state index is 13.1. The van der Waals surface area contributed by atoms with Gasteiger partial charge in [-0.3, -0.25) is 0 Å². The third-order valence-electron chi connectivity index (χ3n) is 5.20. The molecule has 1 aromatic carbocycles. The van der Waals surface area contributed by atoms with E-state index < -0.39 is 10.0 Å². The van der Waals surface area contributed by atoms with Crippen LogP contribution >= 0.6 is 11.6 Å². The molecule has 0 saturated carbocycles. The summed E-state index contributed by atoms with van der Waals surface area (Å²) in [6.07, 6.45) is 1.51. The normalized spacial score (nSPS) is 15.5. The van der Waals surface area contributed by atoms with Gasteiger partial charge in [-0.15, -0.1) is 0 Å². The molecule has 0 aliphatic carbocycles. The summed E-state index contributed by atoms with van der Waals surface area (Å²) < 4.78 is 29.5. The van der Waals surface area contributed by atoms with Gasteiger partial charge in [-0.05, 0) is 44.5 Å². The monoisotopic (exact) mass is 446 g/mol. The van der Waals surface area contributed by atoms with E-state index in [1.165, 1.54) is 16.7 Å². The molecule has 158 valence electrons. The van der Waals surface area contributed by atoms with Gasteiger partial charge in [-0.25, -0.2) is 23.1 Å². The van der Waals surface area contributed by atoms with Crippen molar-refractivity contribution in [3.05, 3.63) is 58.6 Å². The minimum absolute atomic E-state index is 0.261. The molecule has 8 nitrogen and oxygen atoms in total. The fraction of sp³-hybridized carbons (Fsp3) is 0.350. The molecule has 4 rings (SSSR count). The number of hydrogen-bond acceptors (Lipinski definition) is 6. The van der Waals surface area contributed by atoms with Crippen molar-refractivity contribution in [3.63, 3.8) is 0 Å². The molecule has 3 aromatic rings. The highest BCUT2D eigenvalue weighted by atomic mass is 35.5. The van der Waals surface area contributed by atoms with Gasteiger partial charge < -0.3 is 4.90 Å². The Morgan fingerprint density at radius 1 is 0.933 bits per heavy atom. The zero-order valence-electron chi connectivity index (χ0n) is 17.1. The largest absolute Gasteiger partial charge is 0.354 e. The van der Waals surface area contributed by atoms with E-state index in [2.05, 4.69) is 20.0 Å². The van der Waals surface area contributed by atoms with Crippen LogP contribution in [0.3, 0.4) is 0 Å². The molecule has 0 spiro atoms. The summed E-state index contributed by atoms with van der Waals surface area (Å²) in [6, 6.07) is 8.81. The molecule has 0 amide bonds. The van der Waals surface area contributed by atoms with Gasteiger partial charge in [0.2, 0.25) is 10.0 Å². The predicted octanol–water partition coefficient (Wildman–Crippen LogP) is 2.75. The third-order valence-corrected chi connectivity index (χ3v) is 7.47. The Labute approximate surface area is 181 Å². The summed E-state index contributed by atoms with van der Waals surface area (Å²) in [5, 5.41) is 4.88. The maximum Gasteiger partial charge on any atom is 0.243 e. The van der Waals surface area contributed by atoms with Gasteiger partial charge in [0.25, 0.3) is 0 Å². The van der Waals surface area contributed by atoms with E-state index in [0.29, 0.717) is 42.6 Å². The number of anilines is 1. The molecule has 0 radical (unpaired) electrons. The third kappa shape index (κ3) is 3.92. The Hall–Kier alpha value is -2.49. The van der Waals surface area contributed by atoms with Crippen LogP contribution in [0.2, 0.25) is 5.02 Å². The fourth-order valence-corrected chi connectivity index (χ4v) is 5.55. The van der Waals surface area contributed by atoms with Gasteiger partial charge in [0.05, 0.1) is 10.6 Å². The highest BCUT2D eigenvalue weighted by Gasteiger charge is 2.30. The zero-order chi connectivity index (χ0) is 21.5. The number of benzene rings is 1. The van der Waals surface area contributed by atoms with Crippen molar-refractivity contribution in [1.82, 2.24) is 24.1 Å². The number of halogens is 1. The minimum atomic E-state index is -3.60. The molecular weight excluding hydrogens is 424 g/mol. The molecular formula is C20H23ClN6O2S. The summed E-state index contributed by atoms with van der Waals surface area (Å²) >= 11 is 6.03. The zero-order valence-corrected chi connectivity index (χ0v) is 18.7. The molecule has 1 fully saturated rings. The summed E-state index contributed by atoms with van der Waals surface area (Å²) in [5.41, 5.74) is 2.60. The van der Waals surface area contributed by atoms with Crippen molar-refractivity contribution in [2.45, 2.75) is 25.7 Å². The number of sulfonamides is 1. The van der Waals surface area contributed by atoms with Crippen LogP contribution in [-0.2, 0) is 10.0 Å². The average molecular weight is 447 g/mol. The highest BCUT2D eigenvalue weighted by molar-refractivity contribution is 7.89. The molecule has 2 aromatic heterocycles. The van der Waals surface area contributed by atoms with Crippen LogP contribution in [0.15, 0.2) is 41.6 Å². The Kier molecular flexibility index (Phi) is 5.52. The fourth-order valence-electron chi connectivity index (χ4n) is 3.64. The van der Waals surface area contributed by atoms with E-state index in [1.54, 1.807) is 23.7 Å². The van der Waals surface area contributed by atoms with E-state index in [0.717, 1.165) is 17.2 Å². The van der Waals surface area contributed by atoms with Crippen molar-refractivity contribution in [1.29, 1.82) is 0 Å². The molecule has 0 unspecified atom stereocenters. The number of aryl methyl sites for hydroxylation is 3. The van der Waals surface area contributed by atoms with Crippen molar-refractivity contribution < 1.29 is 8.42 Å². The van der Waals surface area contributed by atoms with Crippen LogP contribution in [0, 0.1) is 20.8 Å². The van der Waals surface area contributed by atoms with Gasteiger partial charge in [0.15, 0.2) is 5.82 Å². The van der Waals surface area contributed by atoms with Crippen LogP contribution in [0.1, 0.15) is 17.0 Å². The topological polar surface area (TPSA) is 84.2 Å². The lowest BCUT2D eigenvalue weighted by Gasteiger charge is -2.35. The Morgan fingerprint density at radius 3 is 2.30 bits per heavy atom. The molecule has 0 bridgehead atoms. The second kappa shape index (κ2) is 7.98. The first-order chi connectivity index (χ1) is 14.3. The average Bonchev–Trinajstić information content (AvgIpc) is 3.08. The van der Waals surface area contributed by atoms with Gasteiger partial charge in [-0.2, -0.15) is 9.40 Å². The molecule has 0 atom stereocenters. The standard InChI is InChI=1S/C20H23ClN6O2S/c1-14-4-5-17(21)11-18(14)30(28,29)26-8-6-25(7-9-26)19-12-20(23-13-22-19)27-16(3)10-15(2)24-27/h4-5,10-13H,6-9H2,1-3H3. The highest BCUT2D eigenvalue weighted by Crippen LogP contribution is 2.25. The summed E-state index contributed by atoms with van der Waals surface area (Å²) in [4.78, 5) is 11.0. The van der Waals surface area contributed by atoms with Gasteiger partial charge in [0, 0.05) is 43.0 Å².